The van der Waals surface area contributed by atoms with E-state index in [1.165, 1.54) is 59.1 Å². The Morgan fingerprint density at radius 1 is 0.448 bits per heavy atom. The maximum absolute atomic E-state index is 15.6. The molecule has 2 heterocycles. The minimum absolute atomic E-state index is 0.00933. The van der Waals surface area contributed by atoms with Gasteiger partial charge in [-0.25, -0.2) is 4.79 Å². The zero-order valence-corrected chi connectivity index (χ0v) is 82.7. The van der Waals surface area contributed by atoms with Crippen molar-refractivity contribution < 1.29 is 102 Å². The van der Waals surface area contributed by atoms with E-state index in [-0.39, 0.29) is 81.5 Å². The lowest BCUT2D eigenvalue weighted by atomic mass is 9.98. The van der Waals surface area contributed by atoms with Crippen molar-refractivity contribution in [3.63, 3.8) is 0 Å². The third kappa shape index (κ3) is 36.8. The van der Waals surface area contributed by atoms with Crippen molar-refractivity contribution in [2.24, 2.45) is 40.9 Å². The van der Waals surface area contributed by atoms with Gasteiger partial charge in [-0.15, -0.1) is 11.8 Å². The number of fused-ring (bicyclic) bond motifs is 1. The molecular formula is C98H135N23O21S. The van der Waals surface area contributed by atoms with Crippen LogP contribution in [0.1, 0.15) is 140 Å². The number of amides is 16. The number of thioether (sulfide) groups is 1. The number of nitrogens with one attached hydrogen (secondary N) is 18. The molecule has 14 atom stereocenters. The molecule has 44 nitrogen and oxygen atoms in total. The number of aliphatic hydroxyl groups is 1. The summed E-state index contributed by atoms with van der Waals surface area (Å²) in [6.07, 6.45) is -1.64. The lowest BCUT2D eigenvalue weighted by molar-refractivity contribution is -0.148. The molecule has 45 heteroatoms. The zero-order chi connectivity index (χ0) is 106. The second kappa shape index (κ2) is 56.4. The predicted octanol–water partition coefficient (Wildman–Crippen LogP) is -0.959. The summed E-state index contributed by atoms with van der Waals surface area (Å²) in [6, 6.07) is 13.4. The Kier molecular flexibility index (Phi) is 45.3. The summed E-state index contributed by atoms with van der Waals surface area (Å²) in [5.41, 5.74) is 20.3. The average molecular weight is 2000 g/mol. The fraction of sp³-hybridized carbons (Fsp3) is 0.469. The van der Waals surface area contributed by atoms with Gasteiger partial charge in [0.2, 0.25) is 94.5 Å². The van der Waals surface area contributed by atoms with Crippen LogP contribution in [0.2, 0.25) is 0 Å². The lowest BCUT2D eigenvalue weighted by Gasteiger charge is -2.35. The second-order valence-electron chi connectivity index (χ2n) is 36.7. The number of aromatic carboxylic acids is 1. The van der Waals surface area contributed by atoms with Crippen LogP contribution in [0.3, 0.4) is 0 Å². The molecule has 1 aromatic heterocycles. The molecule has 1 aliphatic heterocycles. The van der Waals surface area contributed by atoms with Crippen LogP contribution in [0.15, 0.2) is 140 Å². The topological polar surface area (TPSA) is 696 Å². The predicted molar refractivity (Wildman–Crippen MR) is 533 cm³/mol. The number of carboxylic acid groups (broad SMARTS) is 2. The molecule has 16 amide bonds. The van der Waals surface area contributed by atoms with Crippen molar-refractivity contribution in [2.75, 3.05) is 51.8 Å². The Bertz CT molecular complexity index is 5460. The number of rotatable bonds is 30. The number of H-pyrrole nitrogens is 1. The van der Waals surface area contributed by atoms with Crippen LogP contribution in [0.4, 0.5) is 0 Å². The Morgan fingerprint density at radius 2 is 0.874 bits per heavy atom. The molecule has 1 fully saturated rings. The van der Waals surface area contributed by atoms with E-state index in [9.17, 15) is 58.5 Å². The molecule has 0 saturated carbocycles. The summed E-state index contributed by atoms with van der Waals surface area (Å²) in [4.78, 5) is 267. The number of guanidine groups is 2. The molecule has 1 saturated heterocycles. The Hall–Kier alpha value is -15.1. The van der Waals surface area contributed by atoms with Crippen molar-refractivity contribution in [3.05, 3.63) is 167 Å². The number of likely N-dealkylation sites (N-methyl/N-ethyl adjacent to an activating group) is 2. The normalized spacial score (nSPS) is 22.5. The number of hydrogen-bond acceptors (Lipinski definition) is 22. The number of primary amides is 1. The number of carboxylic acids is 2. The molecule has 1 aliphatic rings. The van der Waals surface area contributed by atoms with Crippen LogP contribution in [-0.4, -0.2) is 285 Å². The molecule has 0 radical (unpaired) electrons. The van der Waals surface area contributed by atoms with E-state index >= 15 is 43.2 Å². The van der Waals surface area contributed by atoms with Crippen LogP contribution in [0, 0.1) is 34.5 Å². The molecule has 143 heavy (non-hydrogen) atoms. The molecule has 27 N–H and O–H groups in total. The third-order valence-electron chi connectivity index (χ3n) is 23.6. The zero-order valence-electron chi connectivity index (χ0n) is 81.9. The summed E-state index contributed by atoms with van der Waals surface area (Å²) in [5, 5.41) is 86.4. The van der Waals surface area contributed by atoms with Crippen LogP contribution < -0.4 is 97.0 Å². The highest BCUT2D eigenvalue weighted by Crippen LogP contribution is 2.25. The number of para-hydroxylation sites is 1. The number of benzene rings is 5. The number of aliphatic carboxylic acids is 1. The molecule has 0 spiro atoms. The van der Waals surface area contributed by atoms with Gasteiger partial charge in [0.15, 0.2) is 11.9 Å². The number of aliphatic hydroxyl groups excluding tert-OH is 1. The van der Waals surface area contributed by atoms with E-state index in [1.54, 1.807) is 127 Å². The Labute approximate surface area is 832 Å². The maximum atomic E-state index is 15.6. The largest absolute Gasteiger partial charge is 0.481 e. The number of nitrogens with zero attached hydrogens (tertiary/aromatic N) is 2. The monoisotopic (exact) mass is 2000 g/mol. The van der Waals surface area contributed by atoms with Gasteiger partial charge in [0.05, 0.1) is 30.9 Å². The van der Waals surface area contributed by atoms with E-state index in [1.807, 2.05) is 30.3 Å². The number of hydrogen-bond donors (Lipinski definition) is 24. The molecule has 0 aliphatic carbocycles. The first-order valence-corrected chi connectivity index (χ1v) is 48.2. The van der Waals surface area contributed by atoms with Crippen LogP contribution >= 0.6 is 11.8 Å². The Morgan fingerprint density at radius 3 is 1.40 bits per heavy atom. The minimum atomic E-state index is -2.11. The average Bonchev–Trinajstić information content (AvgIpc) is 1.59. The van der Waals surface area contributed by atoms with Gasteiger partial charge in [0, 0.05) is 75.7 Å². The van der Waals surface area contributed by atoms with Crippen LogP contribution in [-0.2, 0) is 107 Å². The summed E-state index contributed by atoms with van der Waals surface area (Å²) in [5.74, 6) is -23.7. The van der Waals surface area contributed by atoms with E-state index in [0.29, 0.717) is 39.4 Å². The van der Waals surface area contributed by atoms with Crippen molar-refractivity contribution >= 4 is 141 Å². The van der Waals surface area contributed by atoms with Gasteiger partial charge in [-0.05, 0) is 121 Å². The summed E-state index contributed by atoms with van der Waals surface area (Å²) in [7, 11) is 2.57. The standard InChI is InChI=1S/C98H135N23O21S/c1-52(2)40-68-84(129)112-70(42-59-32-36-62(37-33-59)96(141)142)86(131)114-73(46-79(125)126)87(132)113-72(45-63-47-106-65-27-19-18-26-64(63)65)89(134)119-80(54(5)6)92(137)115-71(43-58-30-34-61(35-31-58)60-24-16-13-17-25-60)85(130)110-67(29-21-39-105-98(102)103)95(140)120(10)56(9)94(139)121(11)76(44-57-22-14-12-15-23-57)91(136)109-66(28-20-38-104-97(100)101)83(128)111-69(41-53(3)4)88(133)118-81(55(7)8)93(138)116-74(49-122)90(135)117-75(50-143-51-78(124)108-68)82(127)107-48-77(99)123/h12-19,22-27,30-37,47,52-56,66-76,80-81,106,122H,20-21,28-29,38-46,48-51H2,1-11H3,(H2,99,123)(H,107,127)(H,108,124)(H,109,136)(H,110,130)(H,111,128)(H,112,129)(H,113,132)(H,114,131)(H,115,137)(H,116,138)(H,117,135)(H,118,133)(H,119,134)(H,125,126)(H,141,142)(H4,100,101,104)(H4,102,103,105)/t56-,66-,67-,68-,69-,70-,71-,72-,73-,74-,75-,76-,80-,81-/m0/s1. The van der Waals surface area contributed by atoms with Gasteiger partial charge in [0.1, 0.15) is 84.6 Å². The third-order valence-corrected chi connectivity index (χ3v) is 24.7. The van der Waals surface area contributed by atoms with Gasteiger partial charge in [-0.3, -0.25) is 92.3 Å². The molecule has 0 bridgehead atoms. The minimum Gasteiger partial charge on any atom is -0.481 e. The fourth-order valence-electron chi connectivity index (χ4n) is 15.7. The lowest BCUT2D eigenvalue weighted by Crippen LogP contribution is -2.62. The summed E-state index contributed by atoms with van der Waals surface area (Å²) in [6.45, 7) is 12.4. The van der Waals surface area contributed by atoms with Gasteiger partial charge >= 0.3 is 11.9 Å². The first-order chi connectivity index (χ1) is 67.7. The van der Waals surface area contributed by atoms with Crippen molar-refractivity contribution in [1.29, 1.82) is 10.8 Å². The number of carbonyl (C=O) groups excluding carboxylic acids is 16. The van der Waals surface area contributed by atoms with Crippen molar-refractivity contribution in [3.8, 4) is 11.1 Å². The van der Waals surface area contributed by atoms with Gasteiger partial charge in [-0.1, -0.05) is 171 Å². The highest BCUT2D eigenvalue weighted by atomic mass is 32.2. The molecule has 6 aromatic rings. The fourth-order valence-corrected chi connectivity index (χ4v) is 16.6. The van der Waals surface area contributed by atoms with E-state index in [2.05, 4.69) is 84.7 Å². The molecule has 774 valence electrons. The first-order valence-electron chi connectivity index (χ1n) is 47.1. The summed E-state index contributed by atoms with van der Waals surface area (Å²) >= 11 is 0.699. The molecule has 0 unspecified atom stereocenters. The SMILES string of the molecule is CC(C)C[C@@H]1NC(=O)CSC[C@@H](C(=O)NCC(N)=O)NC(=O)[C@H](CO)NC(=O)[C@H](C(C)C)NC(=O)[C@H](CC(C)C)NC(=O)[C@H](CCCNC(=N)N)NC(=O)[C@H](Cc2ccccc2)N(C)C(=O)[C@H](C)N(C)C(=O)[C@H](CCCNC(=N)N)NC(=O)[C@H](Cc2ccc(-c3ccccc3)cc2)NC(=O)[C@H](C(C)C)NC(=O)[C@H](Cc2c[nH]c3ccccc23)NC(=O)[C@H](CC(=O)O)NC(=O)[C@H](Cc2ccc(C(=O)O)cc2)NC1=O. The first kappa shape index (κ1) is 115. The van der Waals surface area contributed by atoms with E-state index < -0.39 is 265 Å². The van der Waals surface area contributed by atoms with E-state index in [4.69, 9.17) is 28.0 Å². The van der Waals surface area contributed by atoms with E-state index in [0.717, 1.165) is 20.9 Å². The number of aromatic amines is 1. The smallest absolute Gasteiger partial charge is 0.335 e. The second-order valence-corrected chi connectivity index (χ2v) is 37.7. The highest BCUT2D eigenvalue weighted by Gasteiger charge is 2.42. The molecular weight excluding hydrogens is 1870 g/mol. The maximum Gasteiger partial charge on any atom is 0.335 e. The van der Waals surface area contributed by atoms with Crippen LogP contribution in [0.5, 0.6) is 0 Å². The number of aromatic nitrogens is 1. The van der Waals surface area contributed by atoms with Gasteiger partial charge < -0.3 is 127 Å². The van der Waals surface area contributed by atoms with Crippen LogP contribution in [0.25, 0.3) is 22.0 Å². The number of carbonyl (C=O) groups is 18. The molecule has 7 rings (SSSR count). The quantitative estimate of drug-likeness (QED) is 0.0147. The van der Waals surface area contributed by atoms with Crippen molar-refractivity contribution in [1.82, 2.24) is 94.5 Å². The summed E-state index contributed by atoms with van der Waals surface area (Å²) < 4.78 is 0. The number of nitrogens with two attached hydrogens (primary N) is 3. The van der Waals surface area contributed by atoms with Gasteiger partial charge in [0.25, 0.3) is 0 Å². The Balaban J connectivity index is 1.36. The van der Waals surface area contributed by atoms with Gasteiger partial charge in [-0.2, -0.15) is 0 Å². The molecule has 5 aromatic carbocycles. The van der Waals surface area contributed by atoms with Crippen molar-refractivity contribution in [2.45, 2.75) is 218 Å². The highest BCUT2D eigenvalue weighted by molar-refractivity contribution is 8.00.